The lowest BCUT2D eigenvalue weighted by atomic mass is 9.77. The summed E-state index contributed by atoms with van der Waals surface area (Å²) in [5.74, 6) is -0.373. The van der Waals surface area contributed by atoms with Gasteiger partial charge in [-0.15, -0.1) is 0 Å². The molecule has 0 aromatic heterocycles. The van der Waals surface area contributed by atoms with Crippen molar-refractivity contribution in [2.45, 2.75) is 31.6 Å². The summed E-state index contributed by atoms with van der Waals surface area (Å²) < 4.78 is 10.5. The Morgan fingerprint density at radius 1 is 1.06 bits per heavy atom. The Morgan fingerprint density at radius 3 is 2.39 bits per heavy atom. The van der Waals surface area contributed by atoms with E-state index in [1.807, 2.05) is 0 Å². The van der Waals surface area contributed by atoms with Crippen molar-refractivity contribution in [2.75, 3.05) is 19.1 Å². The minimum atomic E-state index is -0.479. The Morgan fingerprint density at radius 2 is 1.74 bits per heavy atom. The largest absolute Gasteiger partial charge is 0.502 e. The monoisotopic (exact) mass is 461 g/mol. The maximum atomic E-state index is 13.3. The second kappa shape index (κ2) is 8.44. The minimum Gasteiger partial charge on any atom is -0.502 e. The maximum absolute atomic E-state index is 13.3. The number of carbonyl (C=O) groups excluding carboxylic acids is 2. The molecule has 6 nitrogen and oxygen atoms in total. The number of methoxy groups -OCH3 is 2. The molecule has 0 saturated heterocycles. The molecule has 1 amide bonds. The highest BCUT2D eigenvalue weighted by atomic mass is 35.5. The Kier molecular flexibility index (Phi) is 5.86. The van der Waals surface area contributed by atoms with Gasteiger partial charge >= 0.3 is 0 Å². The van der Waals surface area contributed by atoms with Crippen LogP contribution >= 0.6 is 23.2 Å². The van der Waals surface area contributed by atoms with Crippen LogP contribution in [0.5, 0.6) is 17.2 Å². The Balaban J connectivity index is 1.91. The molecule has 0 radical (unpaired) electrons. The molecular weight excluding hydrogens is 441 g/mol. The topological polar surface area (TPSA) is 76.1 Å². The third-order valence-corrected chi connectivity index (χ3v) is 6.56. The molecule has 1 N–H and O–H groups in total. The zero-order chi connectivity index (χ0) is 22.3. The molecule has 31 heavy (non-hydrogen) atoms. The molecule has 1 aliphatic carbocycles. The number of hydrogen-bond acceptors (Lipinski definition) is 5. The fraction of sp³-hybridized carbons (Fsp3) is 0.304. The summed E-state index contributed by atoms with van der Waals surface area (Å²) in [6, 6.07) is 8.39. The van der Waals surface area contributed by atoms with Crippen molar-refractivity contribution in [3.8, 4) is 17.2 Å². The van der Waals surface area contributed by atoms with E-state index in [1.165, 1.54) is 19.1 Å². The molecule has 0 spiro atoms. The van der Waals surface area contributed by atoms with Gasteiger partial charge in [0.25, 0.3) is 0 Å². The standard InChI is InChI=1S/C23H21Cl2NO5/c1-30-18-9-12(10-19(31-2)23(18)29)13-11-20(28)26(15-6-4-8-17(27)21(13)15)16-7-3-5-14(24)22(16)25/h3,5,7,9-10,13,29H,4,6,8,11H2,1-2H3. The van der Waals surface area contributed by atoms with Crippen LogP contribution in [0, 0.1) is 0 Å². The van der Waals surface area contributed by atoms with Gasteiger partial charge in [0.05, 0.1) is 30.0 Å². The minimum absolute atomic E-state index is 0.00657. The first-order valence-corrected chi connectivity index (χ1v) is 10.6. The van der Waals surface area contributed by atoms with Gasteiger partial charge in [-0.2, -0.15) is 0 Å². The zero-order valence-electron chi connectivity index (χ0n) is 17.1. The van der Waals surface area contributed by atoms with Crippen molar-refractivity contribution in [1.82, 2.24) is 0 Å². The summed E-state index contributed by atoms with van der Waals surface area (Å²) in [6.45, 7) is 0. The number of Topliss-reactive ketones (excluding diaryl/α,β-unsaturated/α-hetero) is 1. The molecule has 2 aromatic rings. The van der Waals surface area contributed by atoms with Gasteiger partial charge in [0.2, 0.25) is 11.7 Å². The molecule has 162 valence electrons. The van der Waals surface area contributed by atoms with Crippen molar-refractivity contribution < 1.29 is 24.2 Å². The fourth-order valence-electron chi connectivity index (χ4n) is 4.34. The molecule has 0 fully saturated rings. The number of ketones is 1. The van der Waals surface area contributed by atoms with Crippen LogP contribution in [-0.4, -0.2) is 31.0 Å². The molecular formula is C23H21Cl2NO5. The average molecular weight is 462 g/mol. The van der Waals surface area contributed by atoms with Gasteiger partial charge in [-0.05, 0) is 42.7 Å². The summed E-state index contributed by atoms with van der Waals surface area (Å²) in [4.78, 5) is 27.9. The highest BCUT2D eigenvalue weighted by Crippen LogP contribution is 2.48. The quantitative estimate of drug-likeness (QED) is 0.673. The predicted octanol–water partition coefficient (Wildman–Crippen LogP) is 5.24. The van der Waals surface area contributed by atoms with Gasteiger partial charge in [0.15, 0.2) is 17.3 Å². The number of amides is 1. The van der Waals surface area contributed by atoms with Crippen molar-refractivity contribution in [3.05, 3.63) is 57.2 Å². The van der Waals surface area contributed by atoms with E-state index in [-0.39, 0.29) is 40.4 Å². The number of anilines is 1. The van der Waals surface area contributed by atoms with E-state index in [4.69, 9.17) is 32.7 Å². The van der Waals surface area contributed by atoms with Crippen LogP contribution in [0.15, 0.2) is 41.6 Å². The van der Waals surface area contributed by atoms with Crippen LogP contribution in [-0.2, 0) is 9.59 Å². The molecule has 1 aliphatic heterocycles. The molecule has 1 unspecified atom stereocenters. The lowest BCUT2D eigenvalue weighted by Crippen LogP contribution is -2.40. The molecule has 1 atom stereocenters. The molecule has 2 aliphatic rings. The van der Waals surface area contributed by atoms with Crippen LogP contribution in [0.3, 0.4) is 0 Å². The zero-order valence-corrected chi connectivity index (χ0v) is 18.6. The van der Waals surface area contributed by atoms with E-state index in [0.717, 1.165) is 0 Å². The number of carbonyl (C=O) groups is 2. The fourth-order valence-corrected chi connectivity index (χ4v) is 4.72. The number of nitrogens with zero attached hydrogens (tertiary/aromatic N) is 1. The Bertz CT molecular complexity index is 1090. The number of phenolic OH excluding ortho intramolecular Hbond substituents is 1. The summed E-state index contributed by atoms with van der Waals surface area (Å²) in [6.07, 6.45) is 1.69. The molecule has 0 saturated carbocycles. The van der Waals surface area contributed by atoms with Gasteiger partial charge in [-0.25, -0.2) is 0 Å². The van der Waals surface area contributed by atoms with E-state index in [2.05, 4.69) is 0 Å². The van der Waals surface area contributed by atoms with Crippen LogP contribution in [0.1, 0.15) is 37.2 Å². The number of aromatic hydroxyl groups is 1. The predicted molar refractivity (Wildman–Crippen MR) is 118 cm³/mol. The van der Waals surface area contributed by atoms with Crippen LogP contribution in [0.25, 0.3) is 0 Å². The molecule has 8 heteroatoms. The number of ether oxygens (including phenoxy) is 2. The smallest absolute Gasteiger partial charge is 0.232 e. The highest BCUT2D eigenvalue weighted by Gasteiger charge is 2.41. The Hall–Kier alpha value is -2.70. The first-order valence-electron chi connectivity index (χ1n) is 9.85. The van der Waals surface area contributed by atoms with E-state index in [9.17, 15) is 14.7 Å². The Labute approximate surface area is 190 Å². The summed E-state index contributed by atoms with van der Waals surface area (Å²) in [5, 5.41) is 10.9. The maximum Gasteiger partial charge on any atom is 0.232 e. The third kappa shape index (κ3) is 3.64. The summed E-state index contributed by atoms with van der Waals surface area (Å²) >= 11 is 12.6. The van der Waals surface area contributed by atoms with E-state index in [0.29, 0.717) is 46.8 Å². The second-order valence-corrected chi connectivity index (χ2v) is 8.26. The van der Waals surface area contributed by atoms with E-state index < -0.39 is 5.92 Å². The van der Waals surface area contributed by atoms with Crippen molar-refractivity contribution in [3.63, 3.8) is 0 Å². The third-order valence-electron chi connectivity index (χ3n) is 5.75. The second-order valence-electron chi connectivity index (χ2n) is 7.47. The van der Waals surface area contributed by atoms with Gasteiger partial charge in [-0.3, -0.25) is 14.5 Å². The normalized spacial score (nSPS) is 18.8. The number of allylic oxidation sites excluding steroid dienone is 2. The first-order chi connectivity index (χ1) is 14.9. The van der Waals surface area contributed by atoms with E-state index in [1.54, 1.807) is 30.3 Å². The number of rotatable bonds is 4. The van der Waals surface area contributed by atoms with E-state index >= 15 is 0 Å². The first kappa shape index (κ1) is 21.5. The van der Waals surface area contributed by atoms with Gasteiger partial charge in [0, 0.05) is 30.0 Å². The number of hydrogen-bond donors (Lipinski definition) is 1. The lowest BCUT2D eigenvalue weighted by Gasteiger charge is -2.38. The molecule has 0 bridgehead atoms. The number of halogens is 2. The molecule has 4 rings (SSSR count). The number of phenols is 1. The van der Waals surface area contributed by atoms with Gasteiger partial charge in [-0.1, -0.05) is 29.3 Å². The number of benzene rings is 2. The van der Waals surface area contributed by atoms with Crippen molar-refractivity contribution >= 4 is 40.6 Å². The molecule has 2 aromatic carbocycles. The van der Waals surface area contributed by atoms with Crippen molar-refractivity contribution in [1.29, 1.82) is 0 Å². The average Bonchev–Trinajstić information content (AvgIpc) is 2.76. The van der Waals surface area contributed by atoms with Gasteiger partial charge < -0.3 is 14.6 Å². The lowest BCUT2D eigenvalue weighted by molar-refractivity contribution is -0.119. The van der Waals surface area contributed by atoms with Crippen LogP contribution < -0.4 is 14.4 Å². The van der Waals surface area contributed by atoms with Crippen LogP contribution in [0.2, 0.25) is 10.0 Å². The van der Waals surface area contributed by atoms with Gasteiger partial charge in [0.1, 0.15) is 0 Å². The van der Waals surface area contributed by atoms with Crippen LogP contribution in [0.4, 0.5) is 5.69 Å². The SMILES string of the molecule is COc1cc(C2CC(=O)N(c3cccc(Cl)c3Cl)C3=C2C(=O)CCC3)cc(OC)c1O. The van der Waals surface area contributed by atoms with Crippen molar-refractivity contribution in [2.24, 2.45) is 0 Å². The molecule has 1 heterocycles. The highest BCUT2D eigenvalue weighted by molar-refractivity contribution is 6.44. The summed E-state index contributed by atoms with van der Waals surface area (Å²) in [5.41, 5.74) is 2.37. The summed E-state index contributed by atoms with van der Waals surface area (Å²) in [7, 11) is 2.87.